The number of halogens is 2. The summed E-state index contributed by atoms with van der Waals surface area (Å²) >= 11 is 7.11. The second-order valence-electron chi connectivity index (χ2n) is 7.31. The molecule has 1 amide bonds. The van der Waals surface area contributed by atoms with Crippen molar-refractivity contribution in [3.05, 3.63) is 85.8 Å². The number of hydrazone groups is 1. The zero-order chi connectivity index (χ0) is 24.5. The van der Waals surface area contributed by atoms with E-state index in [9.17, 15) is 4.79 Å². The van der Waals surface area contributed by atoms with Crippen LogP contribution in [-0.4, -0.2) is 25.3 Å². The minimum Gasteiger partial charge on any atom is -0.490 e. The van der Waals surface area contributed by atoms with Gasteiger partial charge in [0, 0.05) is 5.56 Å². The maximum Gasteiger partial charge on any atom is 0.271 e. The van der Waals surface area contributed by atoms with Gasteiger partial charge in [-0.05, 0) is 94.1 Å². The second-order valence-corrected chi connectivity index (χ2v) is 9.02. The van der Waals surface area contributed by atoms with Crippen LogP contribution < -0.4 is 19.6 Å². The van der Waals surface area contributed by atoms with Crippen molar-refractivity contribution < 1.29 is 19.0 Å². The molecule has 0 spiro atoms. The third-order valence-corrected chi connectivity index (χ3v) is 5.89. The van der Waals surface area contributed by atoms with Crippen molar-refractivity contribution in [1.29, 1.82) is 0 Å². The number of carbonyl (C=O) groups excluding carboxylic acids is 1. The van der Waals surface area contributed by atoms with Crippen molar-refractivity contribution >= 4 is 44.0 Å². The van der Waals surface area contributed by atoms with Gasteiger partial charge in [-0.25, -0.2) is 5.43 Å². The normalized spacial score (nSPS) is 10.9. The topological polar surface area (TPSA) is 69.2 Å². The summed E-state index contributed by atoms with van der Waals surface area (Å²) in [6.07, 6.45) is 1.56. The zero-order valence-corrected chi connectivity index (χ0v) is 22.4. The molecule has 8 heteroatoms. The van der Waals surface area contributed by atoms with Crippen LogP contribution in [0.2, 0.25) is 0 Å². The van der Waals surface area contributed by atoms with Gasteiger partial charge in [0.2, 0.25) is 0 Å². The first-order chi connectivity index (χ1) is 16.4. The molecular weight excluding hydrogens is 564 g/mol. The van der Waals surface area contributed by atoms with E-state index in [1.54, 1.807) is 24.4 Å². The van der Waals surface area contributed by atoms with E-state index in [1.165, 1.54) is 5.56 Å². The maximum absolute atomic E-state index is 12.5. The first kappa shape index (κ1) is 25.8. The number of hydrogen-bond acceptors (Lipinski definition) is 5. The lowest BCUT2D eigenvalue weighted by molar-refractivity contribution is 0.0954. The summed E-state index contributed by atoms with van der Waals surface area (Å²) in [7, 11) is 0. The van der Waals surface area contributed by atoms with E-state index in [0.717, 1.165) is 20.1 Å². The first-order valence-electron chi connectivity index (χ1n) is 10.8. The largest absolute Gasteiger partial charge is 0.490 e. The fraction of sp³-hybridized carbons (Fsp3) is 0.231. The van der Waals surface area contributed by atoms with Crippen molar-refractivity contribution in [2.45, 2.75) is 27.4 Å². The molecule has 0 saturated heterocycles. The van der Waals surface area contributed by atoms with Crippen LogP contribution in [0.1, 0.15) is 40.9 Å². The van der Waals surface area contributed by atoms with Gasteiger partial charge in [-0.3, -0.25) is 4.79 Å². The smallest absolute Gasteiger partial charge is 0.271 e. The van der Waals surface area contributed by atoms with Crippen LogP contribution in [0, 0.1) is 6.92 Å². The number of nitrogens with zero attached hydrogens (tertiary/aromatic N) is 1. The molecule has 6 nitrogen and oxygen atoms in total. The summed E-state index contributed by atoms with van der Waals surface area (Å²) < 4.78 is 18.6. The predicted molar refractivity (Wildman–Crippen MR) is 141 cm³/mol. The number of nitrogens with one attached hydrogen (secondary N) is 1. The highest BCUT2D eigenvalue weighted by molar-refractivity contribution is 9.11. The van der Waals surface area contributed by atoms with E-state index >= 15 is 0 Å². The lowest BCUT2D eigenvalue weighted by Gasteiger charge is -2.12. The van der Waals surface area contributed by atoms with Crippen LogP contribution in [0.5, 0.6) is 17.2 Å². The van der Waals surface area contributed by atoms with Crippen molar-refractivity contribution in [3.8, 4) is 17.2 Å². The van der Waals surface area contributed by atoms with Gasteiger partial charge in [0.25, 0.3) is 5.91 Å². The number of ether oxygens (including phenoxy) is 3. The van der Waals surface area contributed by atoms with E-state index in [2.05, 4.69) is 61.4 Å². The highest BCUT2D eigenvalue weighted by Gasteiger charge is 2.12. The molecule has 3 aromatic carbocycles. The van der Waals surface area contributed by atoms with Gasteiger partial charge in [0.15, 0.2) is 11.5 Å². The molecule has 0 atom stereocenters. The van der Waals surface area contributed by atoms with E-state index in [-0.39, 0.29) is 5.91 Å². The molecule has 178 valence electrons. The van der Waals surface area contributed by atoms with Crippen molar-refractivity contribution in [2.24, 2.45) is 5.10 Å². The van der Waals surface area contributed by atoms with E-state index < -0.39 is 0 Å². The first-order valence-corrected chi connectivity index (χ1v) is 12.4. The van der Waals surface area contributed by atoms with Crippen LogP contribution in [0.25, 0.3) is 0 Å². The lowest BCUT2D eigenvalue weighted by atomic mass is 10.2. The molecule has 0 heterocycles. The van der Waals surface area contributed by atoms with Crippen molar-refractivity contribution in [1.82, 2.24) is 5.43 Å². The number of hydrogen-bond donors (Lipinski definition) is 1. The summed E-state index contributed by atoms with van der Waals surface area (Å²) in [6, 6.07) is 17.0. The molecule has 3 rings (SSSR count). The average Bonchev–Trinajstić information content (AvgIpc) is 2.81. The van der Waals surface area contributed by atoms with Gasteiger partial charge in [0.05, 0.1) is 28.4 Å². The van der Waals surface area contributed by atoms with Crippen LogP contribution in [0.15, 0.2) is 68.6 Å². The Morgan fingerprint density at radius 2 is 1.56 bits per heavy atom. The van der Waals surface area contributed by atoms with Gasteiger partial charge in [-0.15, -0.1) is 0 Å². The SMILES string of the molecule is CCOc1ccc(C(=O)N/N=C/c2cc(Br)c(OCc3ccc(C)cc3)c(Br)c2)cc1OCC. The summed E-state index contributed by atoms with van der Waals surface area (Å²) in [5.41, 5.74) is 6.04. The summed E-state index contributed by atoms with van der Waals surface area (Å²) in [5, 5.41) is 4.09. The van der Waals surface area contributed by atoms with Crippen LogP contribution in [-0.2, 0) is 6.61 Å². The Morgan fingerprint density at radius 1 is 0.912 bits per heavy atom. The van der Waals surface area contributed by atoms with Gasteiger partial charge in [-0.2, -0.15) is 5.10 Å². The molecule has 0 fully saturated rings. The van der Waals surface area contributed by atoms with E-state index in [1.807, 2.05) is 38.1 Å². The molecule has 0 unspecified atom stereocenters. The lowest BCUT2D eigenvalue weighted by Crippen LogP contribution is -2.17. The minimum absolute atomic E-state index is 0.351. The number of carbonyl (C=O) groups is 1. The number of aryl methyl sites for hydroxylation is 1. The maximum atomic E-state index is 12.5. The minimum atomic E-state index is -0.351. The van der Waals surface area contributed by atoms with Crippen LogP contribution >= 0.6 is 31.9 Å². The van der Waals surface area contributed by atoms with Gasteiger partial charge >= 0.3 is 0 Å². The van der Waals surface area contributed by atoms with Gasteiger partial charge < -0.3 is 14.2 Å². The summed E-state index contributed by atoms with van der Waals surface area (Å²) in [4.78, 5) is 12.5. The Bertz CT molecular complexity index is 1140. The summed E-state index contributed by atoms with van der Waals surface area (Å²) in [5.74, 6) is 1.47. The molecule has 0 radical (unpaired) electrons. The quantitative estimate of drug-likeness (QED) is 0.212. The molecule has 1 N–H and O–H groups in total. The monoisotopic (exact) mass is 588 g/mol. The highest BCUT2D eigenvalue weighted by atomic mass is 79.9. The van der Waals surface area contributed by atoms with Crippen LogP contribution in [0.4, 0.5) is 0 Å². The molecule has 0 aliphatic carbocycles. The number of benzene rings is 3. The van der Waals surface area contributed by atoms with E-state index in [4.69, 9.17) is 14.2 Å². The molecular formula is C26H26Br2N2O4. The predicted octanol–water partition coefficient (Wildman–Crippen LogP) is 6.66. The highest BCUT2D eigenvalue weighted by Crippen LogP contribution is 2.35. The average molecular weight is 590 g/mol. The Morgan fingerprint density at radius 3 is 2.21 bits per heavy atom. The number of rotatable bonds is 10. The Labute approximate surface area is 216 Å². The standard InChI is InChI=1S/C26H26Br2N2O4/c1-4-32-23-11-10-20(14-24(23)33-5-2)26(31)30-29-15-19-12-21(27)25(22(28)13-19)34-16-18-8-6-17(3)7-9-18/h6-15H,4-5,16H2,1-3H3,(H,30,31)/b29-15+. The molecule has 0 saturated carbocycles. The Balaban J connectivity index is 1.64. The summed E-state index contributed by atoms with van der Waals surface area (Å²) in [6.45, 7) is 7.25. The Hall–Kier alpha value is -2.84. The fourth-order valence-electron chi connectivity index (χ4n) is 3.05. The van der Waals surface area contributed by atoms with Crippen molar-refractivity contribution in [3.63, 3.8) is 0 Å². The molecule has 0 aromatic heterocycles. The van der Waals surface area contributed by atoms with Gasteiger partial charge in [0.1, 0.15) is 12.4 Å². The molecule has 0 aliphatic rings. The van der Waals surface area contributed by atoms with Gasteiger partial charge in [-0.1, -0.05) is 29.8 Å². The molecule has 34 heavy (non-hydrogen) atoms. The molecule has 0 bridgehead atoms. The van der Waals surface area contributed by atoms with Crippen molar-refractivity contribution in [2.75, 3.05) is 13.2 Å². The third kappa shape index (κ3) is 7.08. The second kappa shape index (κ2) is 12.6. The fourth-order valence-corrected chi connectivity index (χ4v) is 4.50. The van der Waals surface area contributed by atoms with Crippen LogP contribution in [0.3, 0.4) is 0 Å². The third-order valence-electron chi connectivity index (χ3n) is 4.71. The Kier molecular flexibility index (Phi) is 9.53. The van der Waals surface area contributed by atoms with E-state index in [0.29, 0.717) is 42.6 Å². The number of amides is 1. The zero-order valence-electron chi connectivity index (χ0n) is 19.2. The molecule has 3 aromatic rings. The molecule has 0 aliphatic heterocycles.